The quantitative estimate of drug-likeness (QED) is 0.808. The molecule has 0 atom stereocenters. The summed E-state index contributed by atoms with van der Waals surface area (Å²) in [6.45, 7) is 0.0872. The Kier molecular flexibility index (Phi) is 3.12. The molecule has 0 spiro atoms. The highest BCUT2D eigenvalue weighted by Gasteiger charge is 2.32. The lowest BCUT2D eigenvalue weighted by atomic mass is 10.2. The van der Waals surface area contributed by atoms with Crippen LogP contribution >= 0.6 is 22.6 Å². The van der Waals surface area contributed by atoms with Crippen LogP contribution in [0.3, 0.4) is 0 Å². The summed E-state index contributed by atoms with van der Waals surface area (Å²) in [6.07, 6.45) is -3.22. The summed E-state index contributed by atoms with van der Waals surface area (Å²) < 4.78 is 37.0. The van der Waals surface area contributed by atoms with Crippen molar-refractivity contribution in [2.75, 3.05) is 0 Å². The Balaban J connectivity index is 3.14. The van der Waals surface area contributed by atoms with Crippen LogP contribution in [0.4, 0.5) is 13.2 Å². The lowest BCUT2D eigenvalue weighted by molar-refractivity contribution is -0.141. The Morgan fingerprint density at radius 3 is 2.54 bits per heavy atom. The molecule has 0 aliphatic rings. The van der Waals surface area contributed by atoms with Gasteiger partial charge in [-0.25, -0.2) is 0 Å². The lowest BCUT2D eigenvalue weighted by Gasteiger charge is -2.07. The van der Waals surface area contributed by atoms with Crippen molar-refractivity contribution in [2.45, 2.75) is 12.7 Å². The summed E-state index contributed by atoms with van der Waals surface area (Å²) in [5.74, 6) is 0. The van der Waals surface area contributed by atoms with E-state index in [2.05, 4.69) is 4.98 Å². The first kappa shape index (κ1) is 10.7. The predicted molar refractivity (Wildman–Crippen MR) is 49.8 cm³/mol. The third-order valence-corrected chi connectivity index (χ3v) is 2.42. The second-order valence-electron chi connectivity index (χ2n) is 2.36. The van der Waals surface area contributed by atoms with Gasteiger partial charge in [0.25, 0.3) is 0 Å². The predicted octanol–water partition coefficient (Wildman–Crippen LogP) is 2.16. The molecule has 0 saturated carbocycles. The maximum atomic E-state index is 12.1. The second-order valence-corrected chi connectivity index (χ2v) is 3.53. The summed E-state index contributed by atoms with van der Waals surface area (Å²) in [5, 5.41) is 0. The molecule has 0 fully saturated rings. The van der Waals surface area contributed by atoms with E-state index in [1.807, 2.05) is 22.6 Å². The highest BCUT2D eigenvalue weighted by atomic mass is 127. The van der Waals surface area contributed by atoms with Gasteiger partial charge in [-0.2, -0.15) is 13.2 Å². The van der Waals surface area contributed by atoms with E-state index in [-0.39, 0.29) is 6.54 Å². The molecule has 1 rings (SSSR count). The molecular formula is C7H6F3IN2. The van der Waals surface area contributed by atoms with Gasteiger partial charge >= 0.3 is 6.18 Å². The normalized spacial score (nSPS) is 11.8. The molecule has 1 aromatic rings. The fraction of sp³-hybridized carbons (Fsp3) is 0.286. The average molecular weight is 302 g/mol. The molecular weight excluding hydrogens is 296 g/mol. The molecule has 0 aromatic carbocycles. The molecule has 0 bridgehead atoms. The molecule has 2 N–H and O–H groups in total. The number of rotatable bonds is 1. The molecule has 1 aromatic heterocycles. The van der Waals surface area contributed by atoms with Gasteiger partial charge in [0.15, 0.2) is 0 Å². The zero-order chi connectivity index (χ0) is 10.1. The van der Waals surface area contributed by atoms with Crippen molar-refractivity contribution in [3.63, 3.8) is 0 Å². The molecule has 0 aliphatic carbocycles. The van der Waals surface area contributed by atoms with Crippen molar-refractivity contribution < 1.29 is 13.2 Å². The third kappa shape index (κ3) is 2.53. The van der Waals surface area contributed by atoms with Crippen LogP contribution in [0.25, 0.3) is 0 Å². The number of aromatic nitrogens is 1. The minimum absolute atomic E-state index is 0.0872. The molecule has 1 heterocycles. The van der Waals surface area contributed by atoms with Crippen molar-refractivity contribution >= 4 is 22.6 Å². The highest BCUT2D eigenvalue weighted by Crippen LogP contribution is 2.28. The van der Waals surface area contributed by atoms with E-state index in [1.54, 1.807) is 0 Å². The van der Waals surface area contributed by atoms with Gasteiger partial charge in [0, 0.05) is 16.3 Å². The van der Waals surface area contributed by atoms with E-state index in [9.17, 15) is 13.2 Å². The minimum Gasteiger partial charge on any atom is -0.326 e. The van der Waals surface area contributed by atoms with Crippen LogP contribution in [0.15, 0.2) is 12.3 Å². The van der Waals surface area contributed by atoms with Crippen LogP contribution in [0.2, 0.25) is 0 Å². The van der Waals surface area contributed by atoms with Crippen molar-refractivity contribution in [1.82, 2.24) is 4.98 Å². The van der Waals surface area contributed by atoms with Crippen LogP contribution in [0.1, 0.15) is 11.3 Å². The van der Waals surface area contributed by atoms with E-state index in [0.29, 0.717) is 9.13 Å². The van der Waals surface area contributed by atoms with Gasteiger partial charge in [-0.3, -0.25) is 4.98 Å². The summed E-state index contributed by atoms with van der Waals surface area (Å²) in [5.41, 5.74) is 4.83. The Labute approximate surface area is 86.5 Å². The van der Waals surface area contributed by atoms with Crippen LogP contribution in [0.5, 0.6) is 0 Å². The number of halogens is 4. The molecule has 13 heavy (non-hydrogen) atoms. The average Bonchev–Trinajstić information content (AvgIpc) is 2.03. The van der Waals surface area contributed by atoms with E-state index in [0.717, 1.165) is 6.07 Å². The molecule has 0 aliphatic heterocycles. The van der Waals surface area contributed by atoms with Gasteiger partial charge in [-0.1, -0.05) is 0 Å². The Morgan fingerprint density at radius 1 is 1.46 bits per heavy atom. The number of nitrogens with zero attached hydrogens (tertiary/aromatic N) is 1. The van der Waals surface area contributed by atoms with E-state index < -0.39 is 11.9 Å². The van der Waals surface area contributed by atoms with Crippen LogP contribution in [-0.4, -0.2) is 4.98 Å². The second kappa shape index (κ2) is 3.79. The van der Waals surface area contributed by atoms with Gasteiger partial charge in [-0.05, 0) is 34.2 Å². The monoisotopic (exact) mass is 302 g/mol. The molecule has 0 unspecified atom stereocenters. The maximum absolute atomic E-state index is 12.1. The zero-order valence-corrected chi connectivity index (χ0v) is 8.56. The van der Waals surface area contributed by atoms with Gasteiger partial charge in [0.05, 0.1) is 0 Å². The first-order valence-electron chi connectivity index (χ1n) is 3.37. The Bertz CT molecular complexity index is 311. The number of nitrogens with two attached hydrogens (primary N) is 1. The smallest absolute Gasteiger partial charge is 0.326 e. The molecule has 0 amide bonds. The number of alkyl halides is 3. The zero-order valence-electron chi connectivity index (χ0n) is 6.40. The van der Waals surface area contributed by atoms with E-state index in [1.165, 1.54) is 6.20 Å². The summed E-state index contributed by atoms with van der Waals surface area (Å²) in [6, 6.07) is 0.974. The fourth-order valence-electron chi connectivity index (χ4n) is 0.792. The van der Waals surface area contributed by atoms with Gasteiger partial charge in [0.2, 0.25) is 0 Å². The van der Waals surface area contributed by atoms with Gasteiger partial charge < -0.3 is 5.73 Å². The van der Waals surface area contributed by atoms with Gasteiger partial charge in [-0.15, -0.1) is 0 Å². The van der Waals surface area contributed by atoms with Crippen molar-refractivity contribution in [2.24, 2.45) is 5.73 Å². The van der Waals surface area contributed by atoms with Gasteiger partial charge in [0.1, 0.15) is 5.69 Å². The third-order valence-electron chi connectivity index (χ3n) is 1.45. The number of hydrogen-bond acceptors (Lipinski definition) is 2. The summed E-state index contributed by atoms with van der Waals surface area (Å²) in [4.78, 5) is 3.27. The number of hydrogen-bond donors (Lipinski definition) is 1. The van der Waals surface area contributed by atoms with Crippen LogP contribution < -0.4 is 5.73 Å². The standard InChI is InChI=1S/C7H6F3IN2/c8-7(9,10)6-1-4(2-12)5(11)3-13-6/h1,3H,2,12H2. The van der Waals surface area contributed by atoms with E-state index in [4.69, 9.17) is 5.73 Å². The molecule has 2 nitrogen and oxygen atoms in total. The van der Waals surface area contributed by atoms with Crippen molar-refractivity contribution in [3.05, 3.63) is 27.1 Å². The van der Waals surface area contributed by atoms with Crippen molar-refractivity contribution in [1.29, 1.82) is 0 Å². The fourth-order valence-corrected chi connectivity index (χ4v) is 1.31. The molecule has 6 heteroatoms. The molecule has 72 valence electrons. The van der Waals surface area contributed by atoms with Crippen LogP contribution in [-0.2, 0) is 12.7 Å². The Hall–Kier alpha value is -0.370. The van der Waals surface area contributed by atoms with Crippen LogP contribution in [0, 0.1) is 3.57 Å². The number of pyridine rings is 1. The van der Waals surface area contributed by atoms with E-state index >= 15 is 0 Å². The largest absolute Gasteiger partial charge is 0.433 e. The highest BCUT2D eigenvalue weighted by molar-refractivity contribution is 14.1. The lowest BCUT2D eigenvalue weighted by Crippen LogP contribution is -2.10. The van der Waals surface area contributed by atoms with Crippen molar-refractivity contribution in [3.8, 4) is 0 Å². The SMILES string of the molecule is NCc1cc(C(F)(F)F)ncc1I. The minimum atomic E-state index is -4.39. The summed E-state index contributed by atoms with van der Waals surface area (Å²) in [7, 11) is 0. The maximum Gasteiger partial charge on any atom is 0.433 e. The topological polar surface area (TPSA) is 38.9 Å². The first-order valence-corrected chi connectivity index (χ1v) is 4.44. The molecule has 0 saturated heterocycles. The summed E-state index contributed by atoms with van der Waals surface area (Å²) >= 11 is 1.90. The molecule has 0 radical (unpaired) electrons. The Morgan fingerprint density at radius 2 is 2.08 bits per heavy atom. The first-order chi connectivity index (χ1) is 5.95.